The van der Waals surface area contributed by atoms with Crippen LogP contribution in [0.3, 0.4) is 0 Å². The van der Waals surface area contributed by atoms with Gasteiger partial charge in [-0.25, -0.2) is 0 Å². The predicted octanol–water partition coefficient (Wildman–Crippen LogP) is 6.24. The SMILES string of the molecule is CCOCO[P+](=O)O[C@@H]1C[C@H](C)O[C@@H]1COC(c1ccccc1)(c1ccc(OC)cc1)c1ccc(OC)cc1. The standard InChI is InChI=1S/C30H36O8P/c1-5-34-21-36-39(31)38-28-19-22(2)37-29(28)20-35-30(23-9-7-6-8-10-23,24-11-15-26(32-3)16-12-24)25-13-17-27(33-4)18-14-25/h6-18,22,28-29H,5,19-21H2,1-4H3/q+1/t22-,28+,29+/m0/s1. The number of rotatable bonds is 14. The van der Waals surface area contributed by atoms with Gasteiger partial charge in [-0.1, -0.05) is 59.1 Å². The molecule has 0 saturated carbocycles. The molecule has 1 aliphatic rings. The fourth-order valence-electron chi connectivity index (χ4n) is 4.76. The highest BCUT2D eigenvalue weighted by Crippen LogP contribution is 2.43. The van der Waals surface area contributed by atoms with E-state index >= 15 is 0 Å². The van der Waals surface area contributed by atoms with Gasteiger partial charge in [-0.15, -0.1) is 4.52 Å². The average molecular weight is 556 g/mol. The van der Waals surface area contributed by atoms with Gasteiger partial charge in [-0.2, -0.15) is 0 Å². The van der Waals surface area contributed by atoms with E-state index < -0.39 is 26.1 Å². The molecule has 0 spiro atoms. The molecule has 0 bridgehead atoms. The first-order valence-electron chi connectivity index (χ1n) is 13.0. The minimum absolute atomic E-state index is 0.0908. The van der Waals surface area contributed by atoms with Gasteiger partial charge in [0.25, 0.3) is 0 Å². The van der Waals surface area contributed by atoms with Crippen molar-refractivity contribution < 1.29 is 37.3 Å². The van der Waals surface area contributed by atoms with Crippen LogP contribution in [-0.4, -0.2) is 52.5 Å². The van der Waals surface area contributed by atoms with Crippen LogP contribution < -0.4 is 9.47 Å². The maximum Gasteiger partial charge on any atom is 0.700 e. The van der Waals surface area contributed by atoms with E-state index in [9.17, 15) is 4.57 Å². The molecule has 0 aliphatic carbocycles. The zero-order valence-corrected chi connectivity index (χ0v) is 23.7. The second kappa shape index (κ2) is 14.0. The Morgan fingerprint density at radius 2 is 1.44 bits per heavy atom. The summed E-state index contributed by atoms with van der Waals surface area (Å²) in [5, 5.41) is 0. The summed E-state index contributed by atoms with van der Waals surface area (Å²) in [5.41, 5.74) is 1.77. The zero-order valence-electron chi connectivity index (χ0n) is 22.8. The number of hydrogen-bond acceptors (Lipinski definition) is 8. The van der Waals surface area contributed by atoms with Crippen LogP contribution in [-0.2, 0) is 33.4 Å². The first-order chi connectivity index (χ1) is 19.0. The maximum absolute atomic E-state index is 12.4. The Balaban J connectivity index is 1.69. The molecule has 3 aromatic rings. The molecular formula is C30H36O8P+. The van der Waals surface area contributed by atoms with Crippen LogP contribution in [0.1, 0.15) is 37.0 Å². The first kappa shape index (κ1) is 29.2. The highest BCUT2D eigenvalue weighted by molar-refractivity contribution is 7.33. The second-order valence-electron chi connectivity index (χ2n) is 9.14. The van der Waals surface area contributed by atoms with Gasteiger partial charge >= 0.3 is 8.25 Å². The van der Waals surface area contributed by atoms with E-state index in [1.807, 2.05) is 92.7 Å². The third kappa shape index (κ3) is 7.03. The van der Waals surface area contributed by atoms with Crippen LogP contribution in [0.25, 0.3) is 0 Å². The van der Waals surface area contributed by atoms with E-state index in [0.717, 1.165) is 28.2 Å². The smallest absolute Gasteiger partial charge is 0.497 e. The third-order valence-electron chi connectivity index (χ3n) is 6.69. The second-order valence-corrected chi connectivity index (χ2v) is 10.1. The van der Waals surface area contributed by atoms with E-state index in [2.05, 4.69) is 0 Å². The first-order valence-corrected chi connectivity index (χ1v) is 14.1. The van der Waals surface area contributed by atoms with Crippen molar-refractivity contribution in [3.63, 3.8) is 0 Å². The molecule has 3 aromatic carbocycles. The van der Waals surface area contributed by atoms with Crippen molar-refractivity contribution in [2.75, 3.05) is 34.2 Å². The minimum Gasteiger partial charge on any atom is -0.497 e. The zero-order chi connectivity index (χ0) is 27.7. The van der Waals surface area contributed by atoms with Gasteiger partial charge in [0.1, 0.15) is 29.3 Å². The van der Waals surface area contributed by atoms with Crippen LogP contribution in [0.4, 0.5) is 0 Å². The fourth-order valence-corrected chi connectivity index (χ4v) is 5.43. The maximum atomic E-state index is 12.4. The number of methoxy groups -OCH3 is 2. The molecule has 4 atom stereocenters. The van der Waals surface area contributed by atoms with Crippen molar-refractivity contribution in [1.29, 1.82) is 0 Å². The monoisotopic (exact) mass is 555 g/mol. The Morgan fingerprint density at radius 1 is 0.872 bits per heavy atom. The van der Waals surface area contributed by atoms with Crippen LogP contribution in [0.2, 0.25) is 0 Å². The molecule has 8 nitrogen and oxygen atoms in total. The fraction of sp³-hybridized carbons (Fsp3) is 0.400. The van der Waals surface area contributed by atoms with Gasteiger partial charge in [0.15, 0.2) is 0 Å². The Kier molecular flexibility index (Phi) is 10.5. The summed E-state index contributed by atoms with van der Waals surface area (Å²) < 4.78 is 52.4. The Morgan fingerprint density at radius 3 is 1.97 bits per heavy atom. The van der Waals surface area contributed by atoms with E-state index in [-0.39, 0.29) is 19.5 Å². The molecule has 1 fully saturated rings. The van der Waals surface area contributed by atoms with Gasteiger partial charge in [-0.3, -0.25) is 0 Å². The Bertz CT molecular complexity index is 1120. The van der Waals surface area contributed by atoms with Gasteiger partial charge in [0, 0.05) is 17.6 Å². The number of benzene rings is 3. The highest BCUT2D eigenvalue weighted by Gasteiger charge is 2.44. The van der Waals surface area contributed by atoms with E-state index in [4.69, 9.17) is 32.7 Å². The van der Waals surface area contributed by atoms with Gasteiger partial charge in [0.2, 0.25) is 6.79 Å². The molecule has 0 aromatic heterocycles. The van der Waals surface area contributed by atoms with Crippen molar-refractivity contribution in [3.05, 3.63) is 95.6 Å². The molecule has 1 heterocycles. The molecular weight excluding hydrogens is 519 g/mol. The van der Waals surface area contributed by atoms with Gasteiger partial charge in [-0.05, 0) is 54.8 Å². The van der Waals surface area contributed by atoms with Crippen molar-refractivity contribution in [3.8, 4) is 11.5 Å². The van der Waals surface area contributed by atoms with Crippen molar-refractivity contribution in [2.24, 2.45) is 0 Å². The molecule has 9 heteroatoms. The van der Waals surface area contributed by atoms with Crippen LogP contribution in [0.15, 0.2) is 78.9 Å². The highest BCUT2D eigenvalue weighted by atomic mass is 31.1. The molecule has 1 aliphatic heterocycles. The normalized spacial score (nSPS) is 19.6. The van der Waals surface area contributed by atoms with Crippen molar-refractivity contribution in [1.82, 2.24) is 0 Å². The lowest BCUT2D eigenvalue weighted by atomic mass is 9.80. The largest absolute Gasteiger partial charge is 0.700 e. The Labute approximate surface area is 231 Å². The number of ether oxygens (including phenoxy) is 5. The summed E-state index contributed by atoms with van der Waals surface area (Å²) in [7, 11) is 0.911. The van der Waals surface area contributed by atoms with Crippen LogP contribution in [0, 0.1) is 0 Å². The van der Waals surface area contributed by atoms with Gasteiger partial charge < -0.3 is 23.7 Å². The van der Waals surface area contributed by atoms with Gasteiger partial charge in [0.05, 0.1) is 26.9 Å². The molecule has 0 amide bonds. The topological polar surface area (TPSA) is 81.7 Å². The summed E-state index contributed by atoms with van der Waals surface area (Å²) in [6.45, 7) is 4.34. The van der Waals surface area contributed by atoms with Crippen LogP contribution in [0.5, 0.6) is 11.5 Å². The van der Waals surface area contributed by atoms with E-state index in [0.29, 0.717) is 13.0 Å². The van der Waals surface area contributed by atoms with E-state index in [1.54, 1.807) is 14.2 Å². The molecule has 1 saturated heterocycles. The molecule has 0 N–H and O–H groups in total. The summed E-state index contributed by atoms with van der Waals surface area (Å²) in [6.07, 6.45) is -0.456. The van der Waals surface area contributed by atoms with Crippen molar-refractivity contribution >= 4 is 8.25 Å². The summed E-state index contributed by atoms with van der Waals surface area (Å²) in [6, 6.07) is 25.7. The lowest BCUT2D eigenvalue weighted by molar-refractivity contribution is -0.0783. The number of hydrogen-bond donors (Lipinski definition) is 0. The quantitative estimate of drug-likeness (QED) is 0.100. The lowest BCUT2D eigenvalue weighted by Crippen LogP contribution is -2.38. The summed E-state index contributed by atoms with van der Waals surface area (Å²) in [5.74, 6) is 1.49. The molecule has 39 heavy (non-hydrogen) atoms. The van der Waals surface area contributed by atoms with Crippen LogP contribution >= 0.6 is 8.25 Å². The Hall–Kier alpha value is -2.84. The minimum atomic E-state index is -2.37. The molecule has 0 radical (unpaired) electrons. The summed E-state index contributed by atoms with van der Waals surface area (Å²) in [4.78, 5) is 0. The summed E-state index contributed by atoms with van der Waals surface area (Å²) >= 11 is 0. The van der Waals surface area contributed by atoms with Crippen molar-refractivity contribution in [2.45, 2.75) is 44.2 Å². The lowest BCUT2D eigenvalue weighted by Gasteiger charge is -2.37. The third-order valence-corrected chi connectivity index (χ3v) is 7.45. The molecule has 208 valence electrons. The predicted molar refractivity (Wildman–Crippen MR) is 147 cm³/mol. The molecule has 4 rings (SSSR count). The van der Waals surface area contributed by atoms with E-state index in [1.165, 1.54) is 0 Å². The molecule has 1 unspecified atom stereocenters. The average Bonchev–Trinajstić information content (AvgIpc) is 3.33.